The SMILES string of the molecule is COc1ccc([C@@H]2C3=C(CCCC3=O)Nc3ccccc3N2C(=O)C(C)C)cc1. The van der Waals surface area contributed by atoms with E-state index in [1.54, 1.807) is 12.0 Å². The fourth-order valence-electron chi connectivity index (χ4n) is 4.16. The van der Waals surface area contributed by atoms with Crippen LogP contribution in [0.3, 0.4) is 0 Å². The van der Waals surface area contributed by atoms with Gasteiger partial charge in [0.1, 0.15) is 5.75 Å². The summed E-state index contributed by atoms with van der Waals surface area (Å²) in [6, 6.07) is 15.0. The number of anilines is 2. The first kappa shape index (κ1) is 19.2. The van der Waals surface area contributed by atoms with E-state index in [-0.39, 0.29) is 17.6 Å². The predicted molar refractivity (Wildman–Crippen MR) is 114 cm³/mol. The number of carbonyl (C=O) groups excluding carboxylic acids is 2. The van der Waals surface area contributed by atoms with E-state index in [1.165, 1.54) is 0 Å². The van der Waals surface area contributed by atoms with E-state index < -0.39 is 6.04 Å². The maximum atomic E-state index is 13.4. The van der Waals surface area contributed by atoms with Crippen molar-refractivity contribution in [2.75, 3.05) is 17.3 Å². The second kappa shape index (κ2) is 7.74. The van der Waals surface area contributed by atoms with Gasteiger partial charge in [-0.2, -0.15) is 0 Å². The fourth-order valence-corrected chi connectivity index (χ4v) is 4.16. The lowest BCUT2D eigenvalue weighted by Gasteiger charge is -2.35. The number of rotatable bonds is 3. The number of fused-ring (bicyclic) bond motifs is 1. The number of ether oxygens (including phenoxy) is 1. The van der Waals surface area contributed by atoms with E-state index >= 15 is 0 Å². The van der Waals surface area contributed by atoms with E-state index in [9.17, 15) is 9.59 Å². The molecule has 1 aliphatic heterocycles. The van der Waals surface area contributed by atoms with Gasteiger partial charge in [0.15, 0.2) is 5.78 Å². The molecule has 0 saturated heterocycles. The van der Waals surface area contributed by atoms with Crippen molar-refractivity contribution in [2.45, 2.75) is 39.2 Å². The number of Topliss-reactive ketones (excluding diaryl/α,β-unsaturated/α-hetero) is 1. The molecule has 1 aliphatic carbocycles. The molecule has 1 amide bonds. The summed E-state index contributed by atoms with van der Waals surface area (Å²) in [4.78, 5) is 28.4. The van der Waals surface area contributed by atoms with E-state index in [1.807, 2.05) is 62.4 Å². The van der Waals surface area contributed by atoms with Crippen LogP contribution in [-0.2, 0) is 9.59 Å². The second-order valence-corrected chi connectivity index (χ2v) is 7.85. The number of carbonyl (C=O) groups is 2. The number of ketones is 1. The average molecular weight is 390 g/mol. The van der Waals surface area contributed by atoms with E-state index in [2.05, 4.69) is 5.32 Å². The Morgan fingerprint density at radius 1 is 1.10 bits per heavy atom. The summed E-state index contributed by atoms with van der Waals surface area (Å²) < 4.78 is 5.31. The molecule has 2 aliphatic rings. The summed E-state index contributed by atoms with van der Waals surface area (Å²) in [5.74, 6) is 0.637. The Bertz CT molecular complexity index is 976. The van der Waals surface area contributed by atoms with Crippen LogP contribution in [0.5, 0.6) is 5.75 Å². The minimum Gasteiger partial charge on any atom is -0.497 e. The first-order valence-corrected chi connectivity index (χ1v) is 10.1. The topological polar surface area (TPSA) is 58.6 Å². The summed E-state index contributed by atoms with van der Waals surface area (Å²) in [7, 11) is 1.63. The normalized spacial score (nSPS) is 18.7. The van der Waals surface area contributed by atoms with Crippen LogP contribution in [0, 0.1) is 5.92 Å². The van der Waals surface area contributed by atoms with Crippen LogP contribution in [-0.4, -0.2) is 18.8 Å². The maximum absolute atomic E-state index is 13.4. The van der Waals surface area contributed by atoms with E-state index in [4.69, 9.17) is 4.74 Å². The van der Waals surface area contributed by atoms with Crippen molar-refractivity contribution in [2.24, 2.45) is 5.92 Å². The standard InChI is InChI=1S/C24H26N2O3/c1-15(2)24(28)26-20-9-5-4-7-18(20)25-19-8-6-10-21(27)22(19)23(26)16-11-13-17(29-3)14-12-16/h4-5,7,9,11-15,23,25H,6,8,10H2,1-3H3/t23-/m1/s1. The van der Waals surface area contributed by atoms with Crippen molar-refractivity contribution in [3.63, 3.8) is 0 Å². The van der Waals surface area contributed by atoms with Crippen LogP contribution < -0.4 is 15.0 Å². The summed E-state index contributed by atoms with van der Waals surface area (Å²) in [5, 5.41) is 3.48. The van der Waals surface area contributed by atoms with Gasteiger partial charge in [-0.25, -0.2) is 0 Å². The number of methoxy groups -OCH3 is 1. The lowest BCUT2D eigenvalue weighted by molar-refractivity contribution is -0.121. The number of allylic oxidation sites excluding steroid dienone is 1. The highest BCUT2D eigenvalue weighted by Crippen LogP contribution is 2.45. The van der Waals surface area contributed by atoms with Crippen LogP contribution in [0.4, 0.5) is 11.4 Å². The molecule has 1 N–H and O–H groups in total. The van der Waals surface area contributed by atoms with Crippen molar-refractivity contribution < 1.29 is 14.3 Å². The largest absolute Gasteiger partial charge is 0.497 e. The zero-order valence-corrected chi connectivity index (χ0v) is 17.1. The van der Waals surface area contributed by atoms with Crippen LogP contribution in [0.25, 0.3) is 0 Å². The van der Waals surface area contributed by atoms with Gasteiger partial charge in [0.25, 0.3) is 0 Å². The minimum absolute atomic E-state index is 0.00723. The van der Waals surface area contributed by atoms with Crippen molar-refractivity contribution in [1.82, 2.24) is 0 Å². The Morgan fingerprint density at radius 3 is 2.52 bits per heavy atom. The number of benzene rings is 2. The summed E-state index contributed by atoms with van der Waals surface area (Å²) in [5.41, 5.74) is 4.19. The predicted octanol–water partition coefficient (Wildman–Crippen LogP) is 4.86. The average Bonchev–Trinajstić information content (AvgIpc) is 2.88. The fraction of sp³-hybridized carbons (Fsp3) is 0.333. The smallest absolute Gasteiger partial charge is 0.230 e. The number of para-hydroxylation sites is 2. The molecule has 2 aromatic carbocycles. The van der Waals surface area contributed by atoms with Crippen LogP contribution in [0.15, 0.2) is 59.8 Å². The highest BCUT2D eigenvalue weighted by Gasteiger charge is 2.39. The first-order valence-electron chi connectivity index (χ1n) is 10.1. The number of hydrogen-bond acceptors (Lipinski definition) is 4. The van der Waals surface area contributed by atoms with Crippen molar-refractivity contribution >= 4 is 23.1 Å². The Hall–Kier alpha value is -3.08. The zero-order valence-electron chi connectivity index (χ0n) is 17.1. The molecular formula is C24H26N2O3. The second-order valence-electron chi connectivity index (χ2n) is 7.85. The molecule has 0 saturated carbocycles. The van der Waals surface area contributed by atoms with Crippen LogP contribution in [0.2, 0.25) is 0 Å². The zero-order chi connectivity index (χ0) is 20.5. The van der Waals surface area contributed by atoms with E-state index in [0.29, 0.717) is 12.0 Å². The molecule has 0 bridgehead atoms. The Kier molecular flexibility index (Phi) is 5.14. The summed E-state index contributed by atoms with van der Waals surface area (Å²) in [6.07, 6.45) is 2.12. The molecule has 0 fully saturated rings. The Morgan fingerprint density at radius 2 is 1.83 bits per heavy atom. The highest BCUT2D eigenvalue weighted by atomic mass is 16.5. The molecule has 5 nitrogen and oxygen atoms in total. The minimum atomic E-state index is -0.463. The van der Waals surface area contributed by atoms with Crippen molar-refractivity contribution in [3.8, 4) is 5.75 Å². The third-order valence-corrected chi connectivity index (χ3v) is 5.60. The highest BCUT2D eigenvalue weighted by molar-refractivity contribution is 6.06. The lowest BCUT2D eigenvalue weighted by Crippen LogP contribution is -2.40. The van der Waals surface area contributed by atoms with Crippen molar-refractivity contribution in [3.05, 3.63) is 65.4 Å². The van der Waals surface area contributed by atoms with Crippen molar-refractivity contribution in [1.29, 1.82) is 0 Å². The monoisotopic (exact) mass is 390 g/mol. The van der Waals surface area contributed by atoms with E-state index in [0.717, 1.165) is 41.2 Å². The molecule has 0 spiro atoms. The molecular weight excluding hydrogens is 364 g/mol. The van der Waals surface area contributed by atoms with Gasteiger partial charge >= 0.3 is 0 Å². The van der Waals surface area contributed by atoms with Gasteiger partial charge in [0.2, 0.25) is 5.91 Å². The molecule has 2 aromatic rings. The lowest BCUT2D eigenvalue weighted by atomic mass is 9.85. The third kappa shape index (κ3) is 3.41. The quantitative estimate of drug-likeness (QED) is 0.813. The molecule has 5 heteroatoms. The number of nitrogens with one attached hydrogen (secondary N) is 1. The van der Waals surface area contributed by atoms with Gasteiger partial charge in [-0.05, 0) is 42.7 Å². The molecule has 29 heavy (non-hydrogen) atoms. The molecule has 4 rings (SSSR count). The van der Waals surface area contributed by atoms with Crippen LogP contribution in [0.1, 0.15) is 44.7 Å². The van der Waals surface area contributed by atoms with Gasteiger partial charge in [-0.3, -0.25) is 14.5 Å². The molecule has 150 valence electrons. The van der Waals surface area contributed by atoms with Gasteiger partial charge in [-0.15, -0.1) is 0 Å². The van der Waals surface area contributed by atoms with Gasteiger partial charge in [0.05, 0.1) is 24.5 Å². The number of amides is 1. The van der Waals surface area contributed by atoms with Gasteiger partial charge in [-0.1, -0.05) is 38.1 Å². The molecule has 1 atom stereocenters. The summed E-state index contributed by atoms with van der Waals surface area (Å²) in [6.45, 7) is 3.79. The Balaban J connectivity index is 1.98. The summed E-state index contributed by atoms with van der Waals surface area (Å²) >= 11 is 0. The molecule has 0 aromatic heterocycles. The molecule has 1 heterocycles. The first-order chi connectivity index (χ1) is 14.0. The molecule has 0 unspecified atom stereocenters. The number of nitrogens with zero attached hydrogens (tertiary/aromatic N) is 1. The van der Waals surface area contributed by atoms with Gasteiger partial charge in [0, 0.05) is 23.6 Å². The Labute approximate surface area is 171 Å². The van der Waals surface area contributed by atoms with Gasteiger partial charge < -0.3 is 10.1 Å². The maximum Gasteiger partial charge on any atom is 0.230 e. The molecule has 0 radical (unpaired) electrons. The number of hydrogen-bond donors (Lipinski definition) is 1. The third-order valence-electron chi connectivity index (χ3n) is 5.60. The van der Waals surface area contributed by atoms with Crippen LogP contribution >= 0.6 is 0 Å².